The second-order valence-electron chi connectivity index (χ2n) is 7.28. The monoisotopic (exact) mass is 418 g/mol. The van der Waals surface area contributed by atoms with Crippen LogP contribution in [0.1, 0.15) is 0 Å². The molecule has 0 aliphatic carbocycles. The van der Waals surface area contributed by atoms with E-state index < -0.39 is 0 Å². The van der Waals surface area contributed by atoms with Crippen molar-refractivity contribution < 1.29 is 0 Å². The Bertz CT molecular complexity index is 1260. The van der Waals surface area contributed by atoms with Gasteiger partial charge in [0.1, 0.15) is 0 Å². The number of nitrogens with zero attached hydrogens (tertiary/aromatic N) is 2. The van der Waals surface area contributed by atoms with E-state index in [2.05, 4.69) is 48.5 Å². The van der Waals surface area contributed by atoms with Crippen molar-refractivity contribution in [2.45, 2.75) is 0 Å². The highest BCUT2D eigenvalue weighted by molar-refractivity contribution is 6.30. The molecular formula is C28H19ClN2. The van der Waals surface area contributed by atoms with E-state index >= 15 is 0 Å². The molecular weight excluding hydrogens is 400 g/mol. The summed E-state index contributed by atoms with van der Waals surface area (Å²) in [6, 6.07) is 38.7. The van der Waals surface area contributed by atoms with Crippen LogP contribution in [0.25, 0.3) is 45.0 Å². The second-order valence-corrected chi connectivity index (χ2v) is 7.72. The smallest absolute Gasteiger partial charge is 0.160 e. The minimum absolute atomic E-state index is 0.705. The Morgan fingerprint density at radius 2 is 0.935 bits per heavy atom. The molecule has 0 fully saturated rings. The van der Waals surface area contributed by atoms with E-state index in [1.54, 1.807) is 0 Å². The predicted molar refractivity (Wildman–Crippen MR) is 129 cm³/mol. The predicted octanol–water partition coefficient (Wildman–Crippen LogP) is 7.80. The fourth-order valence-electron chi connectivity index (χ4n) is 3.57. The first-order chi connectivity index (χ1) is 15.3. The molecule has 0 radical (unpaired) electrons. The van der Waals surface area contributed by atoms with Gasteiger partial charge in [-0.15, -0.1) is 0 Å². The number of aromatic nitrogens is 2. The average molecular weight is 419 g/mol. The van der Waals surface area contributed by atoms with Gasteiger partial charge in [-0.3, -0.25) is 0 Å². The summed E-state index contributed by atoms with van der Waals surface area (Å²) in [4.78, 5) is 9.83. The van der Waals surface area contributed by atoms with Gasteiger partial charge in [-0.05, 0) is 35.4 Å². The van der Waals surface area contributed by atoms with Crippen LogP contribution in [0.5, 0.6) is 0 Å². The molecule has 0 aliphatic rings. The van der Waals surface area contributed by atoms with Gasteiger partial charge in [0.25, 0.3) is 0 Å². The Hall–Kier alpha value is -3.75. The summed E-state index contributed by atoms with van der Waals surface area (Å²) in [5.41, 5.74) is 7.12. The molecule has 31 heavy (non-hydrogen) atoms. The van der Waals surface area contributed by atoms with Gasteiger partial charge in [-0.1, -0.05) is 103 Å². The number of halogens is 1. The third kappa shape index (κ3) is 4.25. The van der Waals surface area contributed by atoms with Crippen LogP contribution >= 0.6 is 11.6 Å². The standard InChI is InChI=1S/C28H19ClN2/c29-25-16-14-20(15-17-25)23-12-7-13-24(18-23)28-30-26(21-8-3-1-4-9-21)19-27(31-28)22-10-5-2-6-11-22/h1-19H. The van der Waals surface area contributed by atoms with E-state index in [4.69, 9.17) is 21.6 Å². The number of hydrogen-bond acceptors (Lipinski definition) is 2. The first-order valence-corrected chi connectivity index (χ1v) is 10.5. The molecule has 5 rings (SSSR count). The zero-order valence-electron chi connectivity index (χ0n) is 16.7. The molecule has 3 heteroatoms. The van der Waals surface area contributed by atoms with Crippen molar-refractivity contribution >= 4 is 11.6 Å². The lowest BCUT2D eigenvalue weighted by Crippen LogP contribution is -1.96. The van der Waals surface area contributed by atoms with Crippen LogP contribution in [0.4, 0.5) is 0 Å². The number of hydrogen-bond donors (Lipinski definition) is 0. The molecule has 0 aliphatic heterocycles. The lowest BCUT2D eigenvalue weighted by atomic mass is 10.0. The lowest BCUT2D eigenvalue weighted by Gasteiger charge is -2.10. The maximum Gasteiger partial charge on any atom is 0.160 e. The molecule has 148 valence electrons. The van der Waals surface area contributed by atoms with Crippen molar-refractivity contribution in [1.29, 1.82) is 0 Å². The quantitative estimate of drug-likeness (QED) is 0.297. The highest BCUT2D eigenvalue weighted by Gasteiger charge is 2.11. The van der Waals surface area contributed by atoms with Crippen LogP contribution in [0, 0.1) is 0 Å². The van der Waals surface area contributed by atoms with Gasteiger partial charge < -0.3 is 0 Å². The van der Waals surface area contributed by atoms with Crippen LogP contribution < -0.4 is 0 Å². The molecule has 0 atom stereocenters. The molecule has 0 N–H and O–H groups in total. The van der Waals surface area contributed by atoms with Crippen molar-refractivity contribution in [3.05, 3.63) is 120 Å². The zero-order chi connectivity index (χ0) is 21.0. The SMILES string of the molecule is Clc1ccc(-c2cccc(-c3nc(-c4ccccc4)cc(-c4ccccc4)n3)c2)cc1. The Labute approximate surface area is 186 Å². The third-order valence-corrected chi connectivity index (χ3v) is 5.42. The Balaban J connectivity index is 1.65. The molecule has 1 aromatic heterocycles. The van der Waals surface area contributed by atoms with Crippen LogP contribution in [0.15, 0.2) is 115 Å². The maximum absolute atomic E-state index is 6.06. The third-order valence-electron chi connectivity index (χ3n) is 5.16. The van der Waals surface area contributed by atoms with Gasteiger partial charge in [0, 0.05) is 21.7 Å². The number of benzene rings is 4. The van der Waals surface area contributed by atoms with Crippen molar-refractivity contribution in [2.75, 3.05) is 0 Å². The van der Waals surface area contributed by atoms with Gasteiger partial charge in [0.15, 0.2) is 5.82 Å². The summed E-state index contributed by atoms with van der Waals surface area (Å²) in [7, 11) is 0. The summed E-state index contributed by atoms with van der Waals surface area (Å²) >= 11 is 6.06. The van der Waals surface area contributed by atoms with Gasteiger partial charge in [0.2, 0.25) is 0 Å². The summed E-state index contributed by atoms with van der Waals surface area (Å²) in [5.74, 6) is 0.705. The summed E-state index contributed by atoms with van der Waals surface area (Å²) in [6.45, 7) is 0. The first kappa shape index (κ1) is 19.2. The maximum atomic E-state index is 6.06. The molecule has 0 bridgehead atoms. The molecule has 5 aromatic rings. The summed E-state index contributed by atoms with van der Waals surface area (Å²) in [5, 5.41) is 0.728. The van der Waals surface area contributed by atoms with E-state index in [0.29, 0.717) is 5.82 Å². The topological polar surface area (TPSA) is 25.8 Å². The van der Waals surface area contributed by atoms with Gasteiger partial charge >= 0.3 is 0 Å². The summed E-state index contributed by atoms with van der Waals surface area (Å²) < 4.78 is 0. The normalized spacial score (nSPS) is 10.7. The number of rotatable bonds is 4. The summed E-state index contributed by atoms with van der Waals surface area (Å²) in [6.07, 6.45) is 0. The molecule has 0 spiro atoms. The van der Waals surface area contributed by atoms with E-state index in [1.165, 1.54) is 0 Å². The molecule has 1 heterocycles. The van der Waals surface area contributed by atoms with Gasteiger partial charge in [-0.2, -0.15) is 0 Å². The largest absolute Gasteiger partial charge is 0.228 e. The molecule has 4 aromatic carbocycles. The van der Waals surface area contributed by atoms with Crippen molar-refractivity contribution in [3.63, 3.8) is 0 Å². The molecule has 2 nitrogen and oxygen atoms in total. The van der Waals surface area contributed by atoms with Gasteiger partial charge in [-0.25, -0.2) is 9.97 Å². The van der Waals surface area contributed by atoms with E-state index in [9.17, 15) is 0 Å². The zero-order valence-corrected chi connectivity index (χ0v) is 17.5. The average Bonchev–Trinajstić information content (AvgIpc) is 2.85. The van der Waals surface area contributed by atoms with Gasteiger partial charge in [0.05, 0.1) is 11.4 Å². The first-order valence-electron chi connectivity index (χ1n) is 10.1. The van der Waals surface area contributed by atoms with Crippen LogP contribution in [-0.2, 0) is 0 Å². The minimum atomic E-state index is 0.705. The van der Waals surface area contributed by atoms with E-state index in [1.807, 2.05) is 66.7 Å². The Morgan fingerprint density at radius 3 is 1.52 bits per heavy atom. The van der Waals surface area contributed by atoms with Crippen LogP contribution in [0.3, 0.4) is 0 Å². The molecule has 0 unspecified atom stereocenters. The minimum Gasteiger partial charge on any atom is -0.228 e. The van der Waals surface area contributed by atoms with Crippen molar-refractivity contribution in [1.82, 2.24) is 9.97 Å². The second kappa shape index (κ2) is 8.55. The van der Waals surface area contributed by atoms with Crippen LogP contribution in [0.2, 0.25) is 5.02 Å². The molecule has 0 saturated carbocycles. The molecule has 0 amide bonds. The highest BCUT2D eigenvalue weighted by Crippen LogP contribution is 2.30. The lowest BCUT2D eigenvalue weighted by molar-refractivity contribution is 1.18. The van der Waals surface area contributed by atoms with Crippen LogP contribution in [-0.4, -0.2) is 9.97 Å². The Kier molecular flexibility index (Phi) is 5.30. The fraction of sp³-hybridized carbons (Fsp3) is 0. The Morgan fingerprint density at radius 1 is 0.419 bits per heavy atom. The van der Waals surface area contributed by atoms with E-state index in [0.717, 1.165) is 44.2 Å². The van der Waals surface area contributed by atoms with Crippen molar-refractivity contribution in [3.8, 4) is 45.0 Å². The fourth-order valence-corrected chi connectivity index (χ4v) is 3.70. The molecule has 0 saturated heterocycles. The van der Waals surface area contributed by atoms with Crippen molar-refractivity contribution in [2.24, 2.45) is 0 Å². The van der Waals surface area contributed by atoms with E-state index in [-0.39, 0.29) is 0 Å². The highest BCUT2D eigenvalue weighted by atomic mass is 35.5.